The van der Waals surface area contributed by atoms with E-state index in [-0.39, 0.29) is 62.7 Å². The van der Waals surface area contributed by atoms with Gasteiger partial charge in [0.15, 0.2) is 5.75 Å². The van der Waals surface area contributed by atoms with Crippen molar-refractivity contribution in [1.82, 2.24) is 0 Å². The zero-order chi connectivity index (χ0) is 17.2. The van der Waals surface area contributed by atoms with Crippen molar-refractivity contribution in [2.45, 2.75) is 0 Å². The second-order valence-electron chi connectivity index (χ2n) is 5.01. The molecule has 0 atom stereocenters. The minimum absolute atomic E-state index is 0. The Morgan fingerprint density at radius 2 is 1.48 bits per heavy atom. The van der Waals surface area contributed by atoms with Gasteiger partial charge in [-0.15, -0.1) is 0 Å². The number of anilines is 1. The SMILES string of the molecule is O=C(Nc1ccccc1)c1cc2ccccc2cc1OS(=O)(=O)[O-].[K+]. The molecule has 0 heterocycles. The predicted octanol–water partition coefficient (Wildman–Crippen LogP) is -0.0649. The third-order valence-corrected chi connectivity index (χ3v) is 3.70. The normalized spacial score (nSPS) is 10.8. The monoisotopic (exact) mass is 381 g/mol. The summed E-state index contributed by atoms with van der Waals surface area (Å²) in [5.41, 5.74) is 0.489. The molecule has 3 aromatic carbocycles. The molecular weight excluding hydrogens is 369 g/mol. The molecule has 1 amide bonds. The van der Waals surface area contributed by atoms with Gasteiger partial charge in [0.25, 0.3) is 16.3 Å². The van der Waals surface area contributed by atoms with E-state index in [2.05, 4.69) is 9.50 Å². The van der Waals surface area contributed by atoms with Gasteiger partial charge in [-0.3, -0.25) is 4.79 Å². The van der Waals surface area contributed by atoms with Crippen LogP contribution in [0.4, 0.5) is 5.69 Å². The van der Waals surface area contributed by atoms with Gasteiger partial charge in [-0.1, -0.05) is 42.5 Å². The summed E-state index contributed by atoms with van der Waals surface area (Å²) in [6.07, 6.45) is 0. The van der Waals surface area contributed by atoms with Gasteiger partial charge in [-0.2, -0.15) is 0 Å². The summed E-state index contributed by atoms with van der Waals surface area (Å²) in [4.78, 5) is 12.5. The van der Waals surface area contributed by atoms with Crippen LogP contribution in [0.15, 0.2) is 66.7 Å². The summed E-state index contributed by atoms with van der Waals surface area (Å²) in [5.74, 6) is -0.886. The van der Waals surface area contributed by atoms with Crippen molar-refractivity contribution in [2.24, 2.45) is 0 Å². The standard InChI is InChI=1S/C17H13NO5S.K/c19-17(18-14-8-2-1-3-9-14)15-10-12-6-4-5-7-13(12)11-16(15)23-24(20,21)22;/h1-11H,(H,18,19)(H,20,21,22);/q;+1/p-1. The Morgan fingerprint density at radius 1 is 0.920 bits per heavy atom. The molecule has 0 radical (unpaired) electrons. The average Bonchev–Trinajstić information content (AvgIpc) is 2.53. The number of nitrogens with one attached hydrogen (secondary N) is 1. The van der Waals surface area contributed by atoms with E-state index in [1.807, 2.05) is 0 Å². The molecule has 0 saturated carbocycles. The predicted molar refractivity (Wildman–Crippen MR) is 88.7 cm³/mol. The topological polar surface area (TPSA) is 95.5 Å². The Balaban J connectivity index is 0.00000225. The van der Waals surface area contributed by atoms with Gasteiger partial charge in [-0.25, -0.2) is 8.42 Å². The fourth-order valence-corrected chi connectivity index (χ4v) is 2.65. The van der Waals surface area contributed by atoms with E-state index in [4.69, 9.17) is 0 Å². The van der Waals surface area contributed by atoms with Crippen molar-refractivity contribution in [1.29, 1.82) is 0 Å². The summed E-state index contributed by atoms with van der Waals surface area (Å²) in [7, 11) is -5.00. The molecule has 8 heteroatoms. The molecular formula is C17H12KNO5S. The molecule has 0 spiro atoms. The van der Waals surface area contributed by atoms with Gasteiger partial charge >= 0.3 is 51.4 Å². The third kappa shape index (κ3) is 5.35. The summed E-state index contributed by atoms with van der Waals surface area (Å²) >= 11 is 0. The fraction of sp³-hybridized carbons (Fsp3) is 0. The summed E-state index contributed by atoms with van der Waals surface area (Å²) in [5, 5.41) is 3.99. The van der Waals surface area contributed by atoms with Gasteiger partial charge in [0.2, 0.25) is 0 Å². The average molecular weight is 381 g/mol. The number of benzene rings is 3. The van der Waals surface area contributed by atoms with Gasteiger partial charge in [-0.05, 0) is 35.0 Å². The molecule has 0 aliphatic heterocycles. The maximum absolute atomic E-state index is 12.5. The van der Waals surface area contributed by atoms with Gasteiger partial charge in [0.05, 0.1) is 5.56 Å². The van der Waals surface area contributed by atoms with Crippen LogP contribution < -0.4 is 60.9 Å². The van der Waals surface area contributed by atoms with E-state index in [1.54, 1.807) is 54.6 Å². The minimum atomic E-state index is -5.00. The van der Waals surface area contributed by atoms with Crippen molar-refractivity contribution in [3.63, 3.8) is 0 Å². The van der Waals surface area contributed by atoms with Crippen molar-refractivity contribution >= 4 is 32.8 Å². The number of hydrogen-bond donors (Lipinski definition) is 1. The van der Waals surface area contributed by atoms with Crippen LogP contribution in [-0.2, 0) is 10.4 Å². The van der Waals surface area contributed by atoms with E-state index in [0.717, 1.165) is 0 Å². The number of fused-ring (bicyclic) bond motifs is 1. The van der Waals surface area contributed by atoms with Crippen LogP contribution in [0.3, 0.4) is 0 Å². The maximum Gasteiger partial charge on any atom is 1.00 e. The van der Waals surface area contributed by atoms with Crippen LogP contribution >= 0.6 is 0 Å². The number of rotatable bonds is 4. The van der Waals surface area contributed by atoms with Crippen molar-refractivity contribution < 1.29 is 73.3 Å². The van der Waals surface area contributed by atoms with E-state index in [1.165, 1.54) is 12.1 Å². The molecule has 1 N–H and O–H groups in total. The molecule has 122 valence electrons. The zero-order valence-electron chi connectivity index (χ0n) is 13.3. The first-order chi connectivity index (χ1) is 11.4. The molecule has 0 fully saturated rings. The Morgan fingerprint density at radius 3 is 2.08 bits per heavy atom. The smallest absolute Gasteiger partial charge is 0.716 e. The maximum atomic E-state index is 12.5. The Labute approximate surface area is 187 Å². The molecule has 25 heavy (non-hydrogen) atoms. The Bertz CT molecular complexity index is 1010. The van der Waals surface area contributed by atoms with E-state index < -0.39 is 16.3 Å². The second-order valence-corrected chi connectivity index (χ2v) is 5.99. The molecule has 0 aliphatic rings. The molecule has 6 nitrogen and oxygen atoms in total. The fourth-order valence-electron chi connectivity index (χ4n) is 2.30. The zero-order valence-corrected chi connectivity index (χ0v) is 17.2. The number of para-hydroxylation sites is 1. The first-order valence-electron chi connectivity index (χ1n) is 6.97. The van der Waals surface area contributed by atoms with Crippen LogP contribution in [-0.4, -0.2) is 18.9 Å². The largest absolute Gasteiger partial charge is 1.00 e. The van der Waals surface area contributed by atoms with Crippen LogP contribution in [0.25, 0.3) is 10.8 Å². The van der Waals surface area contributed by atoms with Crippen molar-refractivity contribution in [3.05, 3.63) is 72.3 Å². The van der Waals surface area contributed by atoms with Gasteiger partial charge < -0.3 is 14.1 Å². The second kappa shape index (κ2) is 8.41. The molecule has 0 bridgehead atoms. The van der Waals surface area contributed by atoms with Gasteiger partial charge in [0, 0.05) is 5.69 Å². The summed E-state index contributed by atoms with van der Waals surface area (Å²) in [6.45, 7) is 0. The van der Waals surface area contributed by atoms with E-state index >= 15 is 0 Å². The number of hydrogen-bond acceptors (Lipinski definition) is 5. The number of carbonyl (C=O) groups excluding carboxylic acids is 1. The molecule has 0 saturated heterocycles. The quantitative estimate of drug-likeness (QED) is 0.388. The van der Waals surface area contributed by atoms with Crippen molar-refractivity contribution in [2.75, 3.05) is 5.32 Å². The Hall–Kier alpha value is -1.26. The summed E-state index contributed by atoms with van der Waals surface area (Å²) < 4.78 is 37.3. The first kappa shape index (κ1) is 20.1. The minimum Gasteiger partial charge on any atom is -0.716 e. The first-order valence-corrected chi connectivity index (χ1v) is 8.30. The number of amides is 1. The van der Waals surface area contributed by atoms with E-state index in [9.17, 15) is 17.8 Å². The van der Waals surface area contributed by atoms with Crippen LogP contribution in [0.5, 0.6) is 5.75 Å². The molecule has 3 aromatic rings. The van der Waals surface area contributed by atoms with Crippen LogP contribution in [0, 0.1) is 0 Å². The summed E-state index contributed by atoms with van der Waals surface area (Å²) in [6, 6.07) is 18.5. The molecule has 0 aliphatic carbocycles. The molecule has 0 unspecified atom stereocenters. The third-order valence-electron chi connectivity index (χ3n) is 3.32. The van der Waals surface area contributed by atoms with E-state index in [0.29, 0.717) is 16.5 Å². The van der Waals surface area contributed by atoms with Gasteiger partial charge in [0.1, 0.15) is 0 Å². The Kier molecular flexibility index (Phi) is 6.75. The number of carbonyl (C=O) groups is 1. The van der Waals surface area contributed by atoms with Crippen LogP contribution in [0.2, 0.25) is 0 Å². The van der Waals surface area contributed by atoms with Crippen LogP contribution in [0.1, 0.15) is 10.4 Å². The molecule has 3 rings (SSSR count). The van der Waals surface area contributed by atoms with Crippen molar-refractivity contribution in [3.8, 4) is 5.75 Å². The molecule has 0 aromatic heterocycles.